The van der Waals surface area contributed by atoms with Gasteiger partial charge in [0.25, 0.3) is 7.37 Å². The lowest BCUT2D eigenvalue weighted by molar-refractivity contribution is -0.138. The zero-order chi connectivity index (χ0) is 26.7. The minimum Gasteiger partial charge on any atom is -0.481 e. The van der Waals surface area contributed by atoms with E-state index in [4.69, 9.17) is 5.11 Å². The molecule has 3 N–H and O–H groups in total. The van der Waals surface area contributed by atoms with E-state index in [-0.39, 0.29) is 11.9 Å². The molecule has 0 fully saturated rings. The second-order valence-electron chi connectivity index (χ2n) is 9.90. The summed E-state index contributed by atoms with van der Waals surface area (Å²) in [6.07, 6.45) is 0.993. The van der Waals surface area contributed by atoms with Crippen LogP contribution < -0.4 is 4.90 Å². The number of aryl methyl sites for hydroxylation is 1. The van der Waals surface area contributed by atoms with Crippen molar-refractivity contribution in [3.05, 3.63) is 88.9 Å². The van der Waals surface area contributed by atoms with E-state index in [9.17, 15) is 23.7 Å². The Morgan fingerprint density at radius 1 is 1.19 bits per heavy atom. The first-order valence-corrected chi connectivity index (χ1v) is 13.4. The second-order valence-corrected chi connectivity index (χ2v) is 11.9. The van der Waals surface area contributed by atoms with Crippen LogP contribution in [0.25, 0.3) is 0 Å². The van der Waals surface area contributed by atoms with Crippen LogP contribution in [-0.2, 0) is 9.36 Å². The number of carboxylic acid groups (broad SMARTS) is 1. The predicted molar refractivity (Wildman–Crippen MR) is 139 cm³/mol. The lowest BCUT2D eigenvalue weighted by Crippen LogP contribution is -2.36. The van der Waals surface area contributed by atoms with Gasteiger partial charge in [0.05, 0.1) is 24.7 Å². The Morgan fingerprint density at radius 3 is 2.44 bits per heavy atom. The Balaban J connectivity index is 2.15. The molecule has 2 aromatic rings. The van der Waals surface area contributed by atoms with Crippen LogP contribution >= 0.6 is 7.37 Å². The molecule has 0 saturated heterocycles. The molecule has 0 aliphatic carbocycles. The van der Waals surface area contributed by atoms with Crippen molar-refractivity contribution in [2.45, 2.75) is 46.3 Å². The molecule has 0 saturated carbocycles. The van der Waals surface area contributed by atoms with Gasteiger partial charge < -0.3 is 20.0 Å². The topological polar surface area (TPSA) is 98.1 Å². The minimum atomic E-state index is -4.14. The molecule has 1 heterocycles. The molecular formula is C28H31FNO5P. The summed E-state index contributed by atoms with van der Waals surface area (Å²) in [6.45, 7) is 7.71. The average molecular weight is 512 g/mol. The van der Waals surface area contributed by atoms with Crippen LogP contribution in [0.3, 0.4) is 0 Å². The summed E-state index contributed by atoms with van der Waals surface area (Å²) in [5.74, 6) is 1.25. The number of hydrogen-bond donors (Lipinski definition) is 3. The molecule has 1 aliphatic heterocycles. The largest absolute Gasteiger partial charge is 0.481 e. The maximum Gasteiger partial charge on any atom is 0.305 e. The number of benzene rings is 2. The van der Waals surface area contributed by atoms with Crippen molar-refractivity contribution in [1.82, 2.24) is 0 Å². The van der Waals surface area contributed by atoms with Gasteiger partial charge in [-0.05, 0) is 48.0 Å². The van der Waals surface area contributed by atoms with Gasteiger partial charge in [-0.25, -0.2) is 4.39 Å². The fourth-order valence-corrected chi connectivity index (χ4v) is 5.30. The first kappa shape index (κ1) is 27.4. The molecule has 2 aromatic carbocycles. The Kier molecular flexibility index (Phi) is 8.26. The molecule has 1 aliphatic rings. The average Bonchev–Trinajstić information content (AvgIpc) is 2.78. The van der Waals surface area contributed by atoms with E-state index >= 15 is 0 Å². The van der Waals surface area contributed by atoms with Gasteiger partial charge in [0.2, 0.25) is 0 Å². The monoisotopic (exact) mass is 511 g/mol. The van der Waals surface area contributed by atoms with Gasteiger partial charge >= 0.3 is 5.97 Å². The molecule has 0 aromatic heterocycles. The first-order valence-electron chi connectivity index (χ1n) is 11.6. The molecule has 6 nitrogen and oxygen atoms in total. The summed E-state index contributed by atoms with van der Waals surface area (Å²) in [5.41, 5.74) is 5.47. The number of rotatable bonds is 6. The molecule has 0 spiro atoms. The molecule has 3 atom stereocenters. The number of aliphatic carboxylic acids is 1. The van der Waals surface area contributed by atoms with Gasteiger partial charge in [0.1, 0.15) is 5.82 Å². The van der Waals surface area contributed by atoms with Gasteiger partial charge in [-0.1, -0.05) is 63.1 Å². The zero-order valence-corrected chi connectivity index (χ0v) is 21.7. The third-order valence-electron chi connectivity index (χ3n) is 5.72. The van der Waals surface area contributed by atoms with E-state index in [1.165, 1.54) is 6.07 Å². The number of aliphatic hydroxyl groups is 1. The quantitative estimate of drug-likeness (QED) is 0.344. The summed E-state index contributed by atoms with van der Waals surface area (Å²) in [5, 5.41) is 18.6. The highest BCUT2D eigenvalue weighted by atomic mass is 31.2. The highest BCUT2D eigenvalue weighted by Crippen LogP contribution is 2.45. The number of allylic oxidation sites excluding steroid dienone is 3. The highest BCUT2D eigenvalue weighted by Gasteiger charge is 2.34. The fraction of sp³-hybridized carbons (Fsp3) is 0.321. The van der Waals surface area contributed by atoms with Crippen molar-refractivity contribution >= 4 is 19.0 Å². The van der Waals surface area contributed by atoms with Crippen molar-refractivity contribution in [3.8, 4) is 11.6 Å². The van der Waals surface area contributed by atoms with Gasteiger partial charge in [0, 0.05) is 22.4 Å². The van der Waals surface area contributed by atoms with Crippen LogP contribution in [-0.4, -0.2) is 33.3 Å². The molecule has 190 valence electrons. The number of carboxylic acids is 1. The first-order chi connectivity index (χ1) is 16.8. The Bertz CT molecular complexity index is 1300. The zero-order valence-electron chi connectivity index (χ0n) is 20.8. The smallest absolute Gasteiger partial charge is 0.305 e. The van der Waals surface area contributed by atoms with Crippen molar-refractivity contribution in [1.29, 1.82) is 0 Å². The number of carbonyl (C=O) groups is 1. The number of hydrogen-bond acceptors (Lipinski definition) is 4. The number of nitrogens with zero attached hydrogens (tertiary/aromatic N) is 1. The number of anilines is 1. The van der Waals surface area contributed by atoms with E-state index in [0.29, 0.717) is 11.1 Å². The van der Waals surface area contributed by atoms with Gasteiger partial charge in [-0.3, -0.25) is 9.36 Å². The van der Waals surface area contributed by atoms with E-state index in [0.717, 1.165) is 16.9 Å². The maximum absolute atomic E-state index is 14.1. The number of halogens is 1. The molecule has 2 unspecified atom stereocenters. The summed E-state index contributed by atoms with van der Waals surface area (Å²) < 4.78 is 26.8. The third kappa shape index (κ3) is 6.73. The normalized spacial score (nSPS) is 18.3. The Morgan fingerprint density at radius 2 is 1.86 bits per heavy atom. The highest BCUT2D eigenvalue weighted by molar-refractivity contribution is 7.63. The fourth-order valence-electron chi connectivity index (χ4n) is 4.21. The summed E-state index contributed by atoms with van der Waals surface area (Å²) in [7, 11) is -4.14. The van der Waals surface area contributed by atoms with E-state index in [2.05, 4.69) is 16.5 Å². The van der Waals surface area contributed by atoms with Crippen LogP contribution in [0.15, 0.2) is 72.0 Å². The SMILES string of the molecule is Cc1cc(N2C(C(C)(C)C)=C(C#CP(=O)(O)C[C@@H](O)CC(=O)O)C=CC2c2ccccc2)ccc1F. The molecular weight excluding hydrogens is 480 g/mol. The maximum atomic E-state index is 14.1. The molecule has 0 bridgehead atoms. The van der Waals surface area contributed by atoms with Crippen molar-refractivity contribution in [3.63, 3.8) is 0 Å². The van der Waals surface area contributed by atoms with Gasteiger partial charge in [-0.2, -0.15) is 0 Å². The Labute approximate surface area is 211 Å². The van der Waals surface area contributed by atoms with Crippen molar-refractivity contribution < 1.29 is 28.9 Å². The predicted octanol–water partition coefficient (Wildman–Crippen LogP) is 5.62. The van der Waals surface area contributed by atoms with Crippen LogP contribution in [0.2, 0.25) is 0 Å². The van der Waals surface area contributed by atoms with Crippen molar-refractivity contribution in [2.24, 2.45) is 5.41 Å². The second kappa shape index (κ2) is 10.8. The molecule has 3 rings (SSSR count). The number of aliphatic hydroxyl groups excluding tert-OH is 1. The molecule has 36 heavy (non-hydrogen) atoms. The minimum absolute atomic E-state index is 0.228. The van der Waals surface area contributed by atoms with Crippen molar-refractivity contribution in [2.75, 3.05) is 11.1 Å². The van der Waals surface area contributed by atoms with Crippen LogP contribution in [0, 0.1) is 29.7 Å². The van der Waals surface area contributed by atoms with Crippen LogP contribution in [0.1, 0.15) is 44.4 Å². The van der Waals surface area contributed by atoms with Gasteiger partial charge in [0.15, 0.2) is 0 Å². The lowest BCUT2D eigenvalue weighted by atomic mass is 9.83. The lowest BCUT2D eigenvalue weighted by Gasteiger charge is -2.43. The Hall–Kier alpha value is -3.17. The summed E-state index contributed by atoms with van der Waals surface area (Å²) in [4.78, 5) is 23.2. The van der Waals surface area contributed by atoms with E-state index in [1.807, 2.05) is 63.3 Å². The standard InChI is InChI=1S/C28H31FNO5P/c1-19-16-22(11-12-24(19)29)30-25(20-8-6-5-7-9-20)13-10-21(27(30)28(2,3)4)14-15-36(34,35)18-23(31)17-26(32)33/h5-13,16,23,25,31H,17-18H2,1-4H3,(H,32,33)(H,34,35)/t23-,25?/m0/s1. The van der Waals surface area contributed by atoms with E-state index < -0.39 is 37.4 Å². The van der Waals surface area contributed by atoms with E-state index in [1.54, 1.807) is 19.1 Å². The summed E-state index contributed by atoms with van der Waals surface area (Å²) >= 11 is 0. The van der Waals surface area contributed by atoms with Gasteiger partial charge in [-0.15, -0.1) is 0 Å². The molecule has 0 radical (unpaired) electrons. The molecule has 0 amide bonds. The third-order valence-corrected chi connectivity index (χ3v) is 7.10. The van der Waals surface area contributed by atoms with Crippen LogP contribution in [0.5, 0.6) is 0 Å². The van der Waals surface area contributed by atoms with Crippen LogP contribution in [0.4, 0.5) is 10.1 Å². The summed E-state index contributed by atoms with van der Waals surface area (Å²) in [6, 6.07) is 14.5. The molecule has 8 heteroatoms.